The first-order chi connectivity index (χ1) is 17.1. The maximum Gasteiger partial charge on any atom is 0.330 e. The third-order valence-corrected chi connectivity index (χ3v) is 5.69. The zero-order chi connectivity index (χ0) is 24.6. The van der Waals surface area contributed by atoms with Crippen LogP contribution in [0.2, 0.25) is 0 Å². The van der Waals surface area contributed by atoms with Gasteiger partial charge in [-0.25, -0.2) is 14.8 Å². The van der Waals surface area contributed by atoms with E-state index >= 15 is 0 Å². The van der Waals surface area contributed by atoms with Gasteiger partial charge in [-0.15, -0.1) is 11.3 Å². The van der Waals surface area contributed by atoms with Gasteiger partial charge in [0.15, 0.2) is 11.5 Å². The van der Waals surface area contributed by atoms with Crippen molar-refractivity contribution in [1.29, 1.82) is 0 Å². The van der Waals surface area contributed by atoms with Crippen molar-refractivity contribution in [3.8, 4) is 28.9 Å². The lowest BCUT2D eigenvalue weighted by Crippen LogP contribution is -1.99. The molecule has 8 nitrogen and oxygen atoms in total. The van der Waals surface area contributed by atoms with Crippen LogP contribution < -0.4 is 18.9 Å². The number of ether oxygens (including phenoxy) is 5. The molecular weight excluding hydrogens is 468 g/mol. The number of thiazole rings is 1. The minimum atomic E-state index is -0.429. The topological polar surface area (TPSA) is 89.0 Å². The minimum absolute atomic E-state index is 0.308. The number of pyridine rings is 1. The summed E-state index contributed by atoms with van der Waals surface area (Å²) in [7, 11) is 3.04. The van der Waals surface area contributed by atoms with Gasteiger partial charge in [0.05, 0.1) is 42.8 Å². The predicted molar refractivity (Wildman–Crippen MR) is 133 cm³/mol. The number of nitrogens with zero attached hydrogens (tertiary/aromatic N) is 2. The van der Waals surface area contributed by atoms with Crippen LogP contribution in [-0.4, -0.2) is 36.8 Å². The van der Waals surface area contributed by atoms with E-state index in [1.54, 1.807) is 54.8 Å². The van der Waals surface area contributed by atoms with E-state index in [9.17, 15) is 4.79 Å². The molecule has 0 amide bonds. The highest BCUT2D eigenvalue weighted by Gasteiger charge is 2.15. The molecular formula is C26H24N2O6S. The van der Waals surface area contributed by atoms with Gasteiger partial charge >= 0.3 is 5.97 Å². The van der Waals surface area contributed by atoms with E-state index in [4.69, 9.17) is 23.7 Å². The second-order valence-electron chi connectivity index (χ2n) is 7.22. The molecule has 0 radical (unpaired) electrons. The van der Waals surface area contributed by atoms with Crippen molar-refractivity contribution >= 4 is 33.6 Å². The maximum absolute atomic E-state index is 11.6. The van der Waals surface area contributed by atoms with Gasteiger partial charge in [0.25, 0.3) is 0 Å². The molecule has 0 aliphatic rings. The summed E-state index contributed by atoms with van der Waals surface area (Å²) < 4.78 is 28.8. The van der Waals surface area contributed by atoms with E-state index in [0.29, 0.717) is 47.7 Å². The summed E-state index contributed by atoms with van der Waals surface area (Å²) in [6.07, 6.45) is 4.55. The highest BCUT2D eigenvalue weighted by atomic mass is 32.1. The average molecular weight is 493 g/mol. The Labute approximate surface area is 206 Å². The summed E-state index contributed by atoms with van der Waals surface area (Å²) in [6.45, 7) is 2.47. The van der Waals surface area contributed by atoms with E-state index in [1.165, 1.54) is 20.3 Å². The third-order valence-electron chi connectivity index (χ3n) is 4.90. The summed E-state index contributed by atoms with van der Waals surface area (Å²) in [5, 5.41) is 0. The van der Waals surface area contributed by atoms with Crippen LogP contribution in [0.25, 0.3) is 16.3 Å². The highest BCUT2D eigenvalue weighted by Crippen LogP contribution is 2.41. The van der Waals surface area contributed by atoms with E-state index in [-0.39, 0.29) is 0 Å². The highest BCUT2D eigenvalue weighted by molar-refractivity contribution is 7.16. The van der Waals surface area contributed by atoms with Crippen molar-refractivity contribution in [2.24, 2.45) is 0 Å². The standard InChI is InChI=1S/C26H24N2O6S/c1-4-32-25(29)10-6-17-11-21(30-2)26(22(12-17)31-3)34-24-9-7-19(14-27-24)33-15-18-5-8-20-23(13-18)35-16-28-20/h5-14,16H,4,15H2,1-3H3/b10-6+. The number of hydrogen-bond acceptors (Lipinski definition) is 9. The fraction of sp³-hybridized carbons (Fsp3) is 0.192. The Morgan fingerprint density at radius 2 is 1.83 bits per heavy atom. The molecule has 0 N–H and O–H groups in total. The van der Waals surface area contributed by atoms with E-state index < -0.39 is 5.97 Å². The van der Waals surface area contributed by atoms with Gasteiger partial charge in [-0.3, -0.25) is 0 Å². The lowest BCUT2D eigenvalue weighted by molar-refractivity contribution is -0.137. The zero-order valence-corrected chi connectivity index (χ0v) is 20.3. The van der Waals surface area contributed by atoms with Gasteiger partial charge in [-0.2, -0.15) is 0 Å². The minimum Gasteiger partial charge on any atom is -0.493 e. The molecule has 0 fully saturated rings. The monoisotopic (exact) mass is 492 g/mol. The molecule has 2 aromatic carbocycles. The summed E-state index contributed by atoms with van der Waals surface area (Å²) in [5.41, 5.74) is 4.55. The smallest absolute Gasteiger partial charge is 0.330 e. The SMILES string of the molecule is CCOC(=O)/C=C/c1cc(OC)c(Oc2ccc(OCc3ccc4ncsc4c3)cn2)c(OC)c1. The molecule has 2 heterocycles. The molecule has 35 heavy (non-hydrogen) atoms. The Hall–Kier alpha value is -4.11. The first-order valence-electron chi connectivity index (χ1n) is 10.8. The number of benzene rings is 2. The molecule has 0 saturated carbocycles. The third kappa shape index (κ3) is 6.07. The van der Waals surface area contributed by atoms with Gasteiger partial charge in [-0.05, 0) is 54.5 Å². The molecule has 9 heteroatoms. The van der Waals surface area contributed by atoms with Crippen LogP contribution in [-0.2, 0) is 16.1 Å². The molecule has 0 aliphatic carbocycles. The summed E-state index contributed by atoms with van der Waals surface area (Å²) >= 11 is 1.60. The van der Waals surface area contributed by atoms with E-state index in [2.05, 4.69) is 16.0 Å². The molecule has 4 aromatic rings. The van der Waals surface area contributed by atoms with E-state index in [1.807, 2.05) is 17.6 Å². The number of aromatic nitrogens is 2. The number of carbonyl (C=O) groups excluding carboxylic acids is 1. The number of rotatable bonds is 10. The van der Waals surface area contributed by atoms with Gasteiger partial charge in [0.2, 0.25) is 11.6 Å². The van der Waals surface area contributed by atoms with Crippen LogP contribution in [0.4, 0.5) is 0 Å². The Morgan fingerprint density at radius 1 is 1.03 bits per heavy atom. The van der Waals surface area contributed by atoms with Gasteiger partial charge in [0, 0.05) is 12.1 Å². The number of carbonyl (C=O) groups is 1. The second-order valence-corrected chi connectivity index (χ2v) is 8.10. The van der Waals surface area contributed by atoms with E-state index in [0.717, 1.165) is 15.8 Å². The molecule has 0 bridgehead atoms. The number of hydrogen-bond donors (Lipinski definition) is 0. The molecule has 180 valence electrons. The lowest BCUT2D eigenvalue weighted by atomic mass is 10.1. The van der Waals surface area contributed by atoms with Crippen molar-refractivity contribution in [3.05, 3.63) is 71.4 Å². The predicted octanol–water partition coefficient (Wildman–Crippen LogP) is 5.66. The number of methoxy groups -OCH3 is 2. The van der Waals surface area contributed by atoms with Gasteiger partial charge in [-0.1, -0.05) is 6.07 Å². The molecule has 4 rings (SSSR count). The normalized spacial score (nSPS) is 10.9. The molecule has 0 saturated heterocycles. The largest absolute Gasteiger partial charge is 0.493 e. The number of esters is 1. The average Bonchev–Trinajstić information content (AvgIpc) is 3.35. The van der Waals surface area contributed by atoms with Crippen LogP contribution in [0.3, 0.4) is 0 Å². The van der Waals surface area contributed by atoms with Crippen LogP contribution >= 0.6 is 11.3 Å². The zero-order valence-electron chi connectivity index (χ0n) is 19.5. The fourth-order valence-electron chi connectivity index (χ4n) is 3.22. The van der Waals surface area contributed by atoms with Crippen molar-refractivity contribution in [3.63, 3.8) is 0 Å². The Morgan fingerprint density at radius 3 is 2.51 bits per heavy atom. The van der Waals surface area contributed by atoms with Crippen molar-refractivity contribution in [2.75, 3.05) is 20.8 Å². The Bertz CT molecular complexity index is 1310. The van der Waals surface area contributed by atoms with Crippen LogP contribution in [0, 0.1) is 0 Å². The number of fused-ring (bicyclic) bond motifs is 1. The summed E-state index contributed by atoms with van der Waals surface area (Å²) in [5.74, 6) is 1.74. The van der Waals surface area contributed by atoms with Crippen molar-refractivity contribution < 1.29 is 28.5 Å². The second kappa shape index (κ2) is 11.3. The molecule has 0 unspecified atom stereocenters. The van der Waals surface area contributed by atoms with Crippen molar-refractivity contribution in [1.82, 2.24) is 9.97 Å². The van der Waals surface area contributed by atoms with Crippen molar-refractivity contribution in [2.45, 2.75) is 13.5 Å². The van der Waals surface area contributed by atoms with Crippen LogP contribution in [0.5, 0.6) is 28.9 Å². The quantitative estimate of drug-likeness (QED) is 0.207. The van der Waals surface area contributed by atoms with Crippen LogP contribution in [0.1, 0.15) is 18.1 Å². The van der Waals surface area contributed by atoms with Crippen LogP contribution in [0.15, 0.2) is 60.2 Å². The van der Waals surface area contributed by atoms with Gasteiger partial charge in [0.1, 0.15) is 12.4 Å². The first-order valence-corrected chi connectivity index (χ1v) is 11.7. The lowest BCUT2D eigenvalue weighted by Gasteiger charge is -2.15. The molecule has 0 aliphatic heterocycles. The summed E-state index contributed by atoms with van der Waals surface area (Å²) in [6, 6.07) is 13.0. The molecule has 2 aromatic heterocycles. The first kappa shape index (κ1) is 24.0. The Kier molecular flexibility index (Phi) is 7.79. The molecule has 0 spiro atoms. The summed E-state index contributed by atoms with van der Waals surface area (Å²) in [4.78, 5) is 20.2. The Balaban J connectivity index is 1.45. The van der Waals surface area contributed by atoms with Gasteiger partial charge < -0.3 is 23.7 Å². The fourth-order valence-corrected chi connectivity index (χ4v) is 3.97. The maximum atomic E-state index is 11.6. The molecule has 0 atom stereocenters.